The van der Waals surface area contributed by atoms with Crippen molar-refractivity contribution in [2.24, 2.45) is 0 Å². The van der Waals surface area contributed by atoms with Crippen LogP contribution in [-0.4, -0.2) is 18.1 Å². The normalized spacial score (nSPS) is 10.2. The average Bonchev–Trinajstić information content (AvgIpc) is 2.06. The quantitative estimate of drug-likeness (QED) is 0.505. The molecule has 3 radical (unpaired) electrons. The fourth-order valence-electron chi connectivity index (χ4n) is 0.611. The van der Waals surface area contributed by atoms with Crippen LogP contribution in [0.4, 0.5) is 0 Å². The van der Waals surface area contributed by atoms with Crippen LogP contribution in [0.5, 0.6) is 0 Å². The minimum Gasteiger partial charge on any atom is -0.328 e. The largest absolute Gasteiger partial charge is 0.329 e. The molecule has 13 heavy (non-hydrogen) atoms. The molecule has 79 valence electrons. The summed E-state index contributed by atoms with van der Waals surface area (Å²) < 4.78 is 10.1. The summed E-state index contributed by atoms with van der Waals surface area (Å²) in [5, 5.41) is 0. The summed E-state index contributed by atoms with van der Waals surface area (Å²) in [6.45, 7) is 5.37. The molecule has 0 aromatic carbocycles. The highest BCUT2D eigenvalue weighted by Crippen LogP contribution is 2.32. The van der Waals surface area contributed by atoms with Gasteiger partial charge in [0.1, 0.15) is 0 Å². The zero-order valence-electron chi connectivity index (χ0n) is 8.40. The molecule has 0 aliphatic rings. The van der Waals surface area contributed by atoms with Gasteiger partial charge in [-0.2, -0.15) is 0 Å². The van der Waals surface area contributed by atoms with Gasteiger partial charge in [-0.25, -0.2) is 0 Å². The highest BCUT2D eigenvalue weighted by atomic mass is 31.2. The highest BCUT2D eigenvalue weighted by molar-refractivity contribution is 7.40. The van der Waals surface area contributed by atoms with Gasteiger partial charge in [0.2, 0.25) is 0 Å². The summed E-state index contributed by atoms with van der Waals surface area (Å²) in [6.07, 6.45) is 4.13. The van der Waals surface area contributed by atoms with E-state index in [2.05, 4.69) is 13.8 Å². The number of rotatable bonds is 8. The number of unbranched alkanes of at least 4 members (excludes halogenated alkanes) is 2. The van der Waals surface area contributed by atoms with Crippen LogP contribution in [0.25, 0.3) is 0 Å². The molecule has 0 saturated heterocycles. The van der Waals surface area contributed by atoms with Crippen LogP contribution < -0.4 is 0 Å². The number of hydrogen-bond donors (Lipinski definition) is 1. The molecule has 1 N–H and O–H groups in total. The maximum atomic E-state index is 9.12. The predicted octanol–water partition coefficient (Wildman–Crippen LogP) is 3.70. The standard InChI is InChI=1S/C8H19O3P.P/c1-3-5-7-10-12(9)11-8-6-4-2;/h9H,3-8H2,1-2H3;. The Morgan fingerprint density at radius 1 is 1.00 bits per heavy atom. The molecule has 0 fully saturated rings. The van der Waals surface area contributed by atoms with Crippen LogP contribution in [0.2, 0.25) is 0 Å². The Kier molecular flexibility index (Phi) is 15.9. The lowest BCUT2D eigenvalue weighted by atomic mass is 10.4. The summed E-state index contributed by atoms with van der Waals surface area (Å²) in [6, 6.07) is 0. The topological polar surface area (TPSA) is 38.7 Å². The van der Waals surface area contributed by atoms with Gasteiger partial charge >= 0.3 is 8.60 Å². The van der Waals surface area contributed by atoms with Gasteiger partial charge in [-0.1, -0.05) is 26.7 Å². The van der Waals surface area contributed by atoms with Gasteiger partial charge in [-0.15, -0.1) is 0 Å². The van der Waals surface area contributed by atoms with Crippen LogP contribution in [-0.2, 0) is 9.05 Å². The lowest BCUT2D eigenvalue weighted by Crippen LogP contribution is -1.94. The van der Waals surface area contributed by atoms with E-state index in [-0.39, 0.29) is 9.90 Å². The molecule has 0 bridgehead atoms. The zero-order chi connectivity index (χ0) is 9.23. The minimum atomic E-state index is -1.60. The Morgan fingerprint density at radius 2 is 1.38 bits per heavy atom. The van der Waals surface area contributed by atoms with Crippen LogP contribution in [0, 0.1) is 0 Å². The fraction of sp³-hybridized carbons (Fsp3) is 1.00. The van der Waals surface area contributed by atoms with Gasteiger partial charge in [-0.3, -0.25) is 0 Å². The van der Waals surface area contributed by atoms with Gasteiger partial charge in [0.15, 0.2) is 0 Å². The molecule has 5 heteroatoms. The second-order valence-corrected chi connectivity index (χ2v) is 3.60. The molecular weight excluding hydrogens is 206 g/mol. The van der Waals surface area contributed by atoms with E-state index >= 15 is 0 Å². The molecule has 0 unspecified atom stereocenters. The van der Waals surface area contributed by atoms with Crippen LogP contribution >= 0.6 is 18.5 Å². The van der Waals surface area contributed by atoms with Crippen molar-refractivity contribution in [2.45, 2.75) is 39.5 Å². The molecular formula is C8H19O3P2. The van der Waals surface area contributed by atoms with Crippen molar-refractivity contribution in [1.29, 1.82) is 0 Å². The summed E-state index contributed by atoms with van der Waals surface area (Å²) in [4.78, 5) is 9.12. The first-order valence-corrected chi connectivity index (χ1v) is 5.69. The molecule has 0 rings (SSSR count). The fourth-order valence-corrected chi connectivity index (χ4v) is 1.26. The van der Waals surface area contributed by atoms with Gasteiger partial charge in [0.25, 0.3) is 0 Å². The first kappa shape index (κ1) is 16.2. The maximum absolute atomic E-state index is 9.12. The Morgan fingerprint density at radius 3 is 1.69 bits per heavy atom. The average molecular weight is 225 g/mol. The third-order valence-corrected chi connectivity index (χ3v) is 2.21. The van der Waals surface area contributed by atoms with E-state index in [1.54, 1.807) is 0 Å². The number of hydrogen-bond acceptors (Lipinski definition) is 3. The minimum absolute atomic E-state index is 0. The lowest BCUT2D eigenvalue weighted by molar-refractivity contribution is 0.196. The molecule has 0 aromatic heterocycles. The Balaban J connectivity index is 0. The van der Waals surface area contributed by atoms with E-state index in [1.807, 2.05) is 0 Å². The van der Waals surface area contributed by atoms with Crippen molar-refractivity contribution >= 4 is 18.5 Å². The van der Waals surface area contributed by atoms with Crippen molar-refractivity contribution in [1.82, 2.24) is 0 Å². The predicted molar refractivity (Wildman–Crippen MR) is 57.8 cm³/mol. The molecule has 0 heterocycles. The van der Waals surface area contributed by atoms with Crippen molar-refractivity contribution in [3.63, 3.8) is 0 Å². The zero-order valence-corrected chi connectivity index (χ0v) is 10.2. The second-order valence-electron chi connectivity index (χ2n) is 2.61. The molecule has 0 aliphatic heterocycles. The third-order valence-electron chi connectivity index (χ3n) is 1.40. The van der Waals surface area contributed by atoms with Gasteiger partial charge in [-0.05, 0) is 12.8 Å². The Bertz CT molecular complexity index is 83.5. The highest BCUT2D eigenvalue weighted by Gasteiger charge is 2.04. The van der Waals surface area contributed by atoms with E-state index < -0.39 is 8.60 Å². The second kappa shape index (κ2) is 12.7. The lowest BCUT2D eigenvalue weighted by Gasteiger charge is -2.09. The van der Waals surface area contributed by atoms with Crippen molar-refractivity contribution in [3.05, 3.63) is 0 Å². The van der Waals surface area contributed by atoms with Crippen molar-refractivity contribution < 1.29 is 13.9 Å². The van der Waals surface area contributed by atoms with E-state index in [4.69, 9.17) is 13.9 Å². The third kappa shape index (κ3) is 12.7. The van der Waals surface area contributed by atoms with E-state index in [9.17, 15) is 0 Å². The summed E-state index contributed by atoms with van der Waals surface area (Å²) in [7, 11) is -1.60. The van der Waals surface area contributed by atoms with Gasteiger partial charge < -0.3 is 13.9 Å². The van der Waals surface area contributed by atoms with E-state index in [0.29, 0.717) is 13.2 Å². The first-order chi connectivity index (χ1) is 5.81. The Labute approximate surface area is 85.8 Å². The molecule has 0 saturated carbocycles. The summed E-state index contributed by atoms with van der Waals surface area (Å²) in [5.74, 6) is 0. The van der Waals surface area contributed by atoms with Crippen LogP contribution in [0.1, 0.15) is 39.5 Å². The van der Waals surface area contributed by atoms with E-state index in [1.165, 1.54) is 0 Å². The molecule has 3 nitrogen and oxygen atoms in total. The smallest absolute Gasteiger partial charge is 0.328 e. The molecule has 0 amide bonds. The van der Waals surface area contributed by atoms with E-state index in [0.717, 1.165) is 25.7 Å². The van der Waals surface area contributed by atoms with Gasteiger partial charge in [0, 0.05) is 9.90 Å². The van der Waals surface area contributed by atoms with Crippen molar-refractivity contribution in [3.8, 4) is 0 Å². The SMILES string of the molecule is CCCCOP(O)OCCCC.[P]. The van der Waals surface area contributed by atoms with Gasteiger partial charge in [0.05, 0.1) is 13.2 Å². The molecule has 0 aliphatic carbocycles. The van der Waals surface area contributed by atoms with Crippen molar-refractivity contribution in [2.75, 3.05) is 13.2 Å². The molecule has 0 atom stereocenters. The Hall–Kier alpha value is 0.740. The maximum Gasteiger partial charge on any atom is 0.329 e. The first-order valence-electron chi connectivity index (χ1n) is 4.56. The van der Waals surface area contributed by atoms with Crippen LogP contribution in [0.3, 0.4) is 0 Å². The summed E-state index contributed by atoms with van der Waals surface area (Å²) >= 11 is 0. The molecule has 0 aromatic rings. The molecule has 0 spiro atoms. The monoisotopic (exact) mass is 225 g/mol. The summed E-state index contributed by atoms with van der Waals surface area (Å²) in [5.41, 5.74) is 0. The van der Waals surface area contributed by atoms with Crippen LogP contribution in [0.15, 0.2) is 0 Å².